The second kappa shape index (κ2) is 5.31. The Bertz CT molecular complexity index is 504. The molecule has 1 aliphatic heterocycles. The van der Waals surface area contributed by atoms with E-state index in [1.807, 2.05) is 0 Å². The zero-order valence-electron chi connectivity index (χ0n) is 9.89. The molecule has 2 N–H and O–H groups in total. The summed E-state index contributed by atoms with van der Waals surface area (Å²) in [6.07, 6.45) is -0.194. The number of nitrogens with one attached hydrogen (secondary N) is 2. The molecular formula is C11H15FN2O3S. The molecule has 1 fully saturated rings. The number of benzene rings is 1. The molecule has 100 valence electrons. The first-order valence-electron chi connectivity index (χ1n) is 5.54. The lowest BCUT2D eigenvalue weighted by molar-refractivity contribution is 0.103. The summed E-state index contributed by atoms with van der Waals surface area (Å²) in [5.41, 5.74) is 0. The monoisotopic (exact) mass is 274 g/mol. The minimum absolute atomic E-state index is 0.0469. The van der Waals surface area contributed by atoms with Crippen molar-refractivity contribution in [1.82, 2.24) is 10.0 Å². The van der Waals surface area contributed by atoms with E-state index in [1.165, 1.54) is 19.2 Å². The van der Waals surface area contributed by atoms with Gasteiger partial charge < -0.3 is 10.1 Å². The summed E-state index contributed by atoms with van der Waals surface area (Å²) in [6.45, 7) is 1.12. The van der Waals surface area contributed by atoms with Crippen molar-refractivity contribution in [3.8, 4) is 0 Å². The second-order valence-corrected chi connectivity index (χ2v) is 5.83. The van der Waals surface area contributed by atoms with E-state index in [0.717, 1.165) is 12.1 Å². The van der Waals surface area contributed by atoms with Crippen molar-refractivity contribution >= 4 is 10.0 Å². The summed E-state index contributed by atoms with van der Waals surface area (Å²) >= 11 is 0. The molecule has 1 aromatic carbocycles. The van der Waals surface area contributed by atoms with Crippen molar-refractivity contribution in [2.24, 2.45) is 0 Å². The van der Waals surface area contributed by atoms with Crippen LogP contribution < -0.4 is 10.0 Å². The van der Waals surface area contributed by atoms with Crippen molar-refractivity contribution < 1.29 is 17.5 Å². The van der Waals surface area contributed by atoms with Gasteiger partial charge in [0, 0.05) is 20.2 Å². The van der Waals surface area contributed by atoms with Crippen molar-refractivity contribution in [2.75, 3.05) is 20.2 Å². The van der Waals surface area contributed by atoms with Crippen LogP contribution in [0.3, 0.4) is 0 Å². The molecule has 1 saturated heterocycles. The molecule has 0 amide bonds. The standard InChI is InChI=1S/C11H15FN2O3S/c1-17-11-7-13-6-10(11)14-18(15,16)9-4-2-8(12)3-5-9/h2-5,10-11,13-14H,6-7H2,1H3/t10?,11-/m0/s1. The van der Waals surface area contributed by atoms with Crippen LogP contribution in [0, 0.1) is 5.82 Å². The molecule has 0 spiro atoms. The summed E-state index contributed by atoms with van der Waals surface area (Å²) in [5, 5.41) is 3.04. The summed E-state index contributed by atoms with van der Waals surface area (Å²) < 4.78 is 44.6. The van der Waals surface area contributed by atoms with Crippen LogP contribution >= 0.6 is 0 Å². The van der Waals surface area contributed by atoms with Gasteiger partial charge in [0.25, 0.3) is 0 Å². The maximum absolute atomic E-state index is 12.8. The quantitative estimate of drug-likeness (QED) is 0.816. The summed E-state index contributed by atoms with van der Waals surface area (Å²) in [7, 11) is -2.10. The molecule has 1 aromatic rings. The Labute approximate surface area is 105 Å². The number of sulfonamides is 1. The third-order valence-corrected chi connectivity index (χ3v) is 4.40. The van der Waals surface area contributed by atoms with Crippen molar-refractivity contribution in [1.29, 1.82) is 0 Å². The molecule has 1 aliphatic rings. The SMILES string of the molecule is CO[C@H]1CNCC1NS(=O)(=O)c1ccc(F)cc1. The fourth-order valence-corrected chi connectivity index (χ4v) is 3.17. The minimum Gasteiger partial charge on any atom is -0.378 e. The number of hydrogen-bond donors (Lipinski definition) is 2. The lowest BCUT2D eigenvalue weighted by atomic mass is 10.2. The third-order valence-electron chi connectivity index (χ3n) is 2.89. The number of rotatable bonds is 4. The zero-order valence-corrected chi connectivity index (χ0v) is 10.7. The third kappa shape index (κ3) is 2.86. The Kier molecular flexibility index (Phi) is 3.96. The molecule has 18 heavy (non-hydrogen) atoms. The first kappa shape index (κ1) is 13.4. The van der Waals surface area contributed by atoms with E-state index in [0.29, 0.717) is 13.1 Å². The van der Waals surface area contributed by atoms with Crippen LogP contribution in [0.1, 0.15) is 0 Å². The van der Waals surface area contributed by atoms with Crippen LogP contribution in [0.2, 0.25) is 0 Å². The summed E-state index contributed by atoms with van der Waals surface area (Å²) in [4.78, 5) is 0.0469. The van der Waals surface area contributed by atoms with E-state index in [1.54, 1.807) is 0 Å². The van der Waals surface area contributed by atoms with Gasteiger partial charge in [0.05, 0.1) is 17.0 Å². The normalized spacial score (nSPS) is 24.3. The van der Waals surface area contributed by atoms with Gasteiger partial charge in [0.15, 0.2) is 0 Å². The van der Waals surface area contributed by atoms with Crippen molar-refractivity contribution in [3.63, 3.8) is 0 Å². The molecule has 2 rings (SSSR count). The molecule has 1 heterocycles. The summed E-state index contributed by atoms with van der Waals surface area (Å²) in [5.74, 6) is -0.466. The van der Waals surface area contributed by atoms with E-state index in [4.69, 9.17) is 4.74 Å². The van der Waals surface area contributed by atoms with Crippen LogP contribution in [0.15, 0.2) is 29.2 Å². The molecule has 0 aromatic heterocycles. The average Bonchev–Trinajstić information content (AvgIpc) is 2.76. The van der Waals surface area contributed by atoms with Gasteiger partial charge in [-0.3, -0.25) is 0 Å². The van der Waals surface area contributed by atoms with Gasteiger partial charge >= 0.3 is 0 Å². The maximum Gasteiger partial charge on any atom is 0.240 e. The van der Waals surface area contributed by atoms with Gasteiger partial charge in [-0.1, -0.05) is 0 Å². The highest BCUT2D eigenvalue weighted by Gasteiger charge is 2.31. The van der Waals surface area contributed by atoms with E-state index in [-0.39, 0.29) is 17.0 Å². The van der Waals surface area contributed by atoms with E-state index < -0.39 is 15.8 Å². The highest BCUT2D eigenvalue weighted by molar-refractivity contribution is 7.89. The molecule has 0 radical (unpaired) electrons. The number of hydrogen-bond acceptors (Lipinski definition) is 4. The number of ether oxygens (including phenoxy) is 1. The van der Waals surface area contributed by atoms with E-state index in [2.05, 4.69) is 10.0 Å². The van der Waals surface area contributed by atoms with Crippen LogP contribution in [0.5, 0.6) is 0 Å². The molecule has 0 aliphatic carbocycles. The van der Waals surface area contributed by atoms with Crippen molar-refractivity contribution in [2.45, 2.75) is 17.0 Å². The lowest BCUT2D eigenvalue weighted by Gasteiger charge is -2.18. The van der Waals surface area contributed by atoms with Gasteiger partial charge in [0.2, 0.25) is 10.0 Å². The zero-order chi connectivity index (χ0) is 13.2. The largest absolute Gasteiger partial charge is 0.378 e. The minimum atomic E-state index is -3.64. The molecule has 2 atom stereocenters. The molecule has 0 saturated carbocycles. The first-order chi connectivity index (χ1) is 8.53. The Balaban J connectivity index is 2.14. The van der Waals surface area contributed by atoms with Crippen LogP contribution in [-0.4, -0.2) is 40.8 Å². The fraction of sp³-hybridized carbons (Fsp3) is 0.455. The summed E-state index contributed by atoms with van der Waals surface area (Å²) in [6, 6.07) is 4.40. The Morgan fingerprint density at radius 3 is 2.61 bits per heavy atom. The van der Waals surface area contributed by atoms with Gasteiger partial charge in [-0.25, -0.2) is 17.5 Å². The van der Waals surface area contributed by atoms with Gasteiger partial charge in [-0.2, -0.15) is 0 Å². The molecule has 7 heteroatoms. The molecule has 5 nitrogen and oxygen atoms in total. The molecular weight excluding hydrogens is 259 g/mol. The van der Waals surface area contributed by atoms with Gasteiger partial charge in [-0.15, -0.1) is 0 Å². The predicted octanol–water partition coefficient (Wildman–Crippen LogP) is 0.0908. The Morgan fingerprint density at radius 1 is 1.33 bits per heavy atom. The lowest BCUT2D eigenvalue weighted by Crippen LogP contribution is -2.43. The highest BCUT2D eigenvalue weighted by Crippen LogP contribution is 2.13. The molecule has 0 bridgehead atoms. The highest BCUT2D eigenvalue weighted by atomic mass is 32.2. The maximum atomic E-state index is 12.8. The van der Waals surface area contributed by atoms with E-state index in [9.17, 15) is 12.8 Å². The van der Waals surface area contributed by atoms with Gasteiger partial charge in [-0.05, 0) is 24.3 Å². The second-order valence-electron chi connectivity index (χ2n) is 4.11. The smallest absolute Gasteiger partial charge is 0.240 e. The number of halogens is 1. The van der Waals surface area contributed by atoms with Crippen molar-refractivity contribution in [3.05, 3.63) is 30.1 Å². The van der Waals surface area contributed by atoms with Crippen LogP contribution in [0.4, 0.5) is 4.39 Å². The number of methoxy groups -OCH3 is 1. The Hall–Kier alpha value is -1.02. The van der Waals surface area contributed by atoms with Crippen LogP contribution in [-0.2, 0) is 14.8 Å². The fourth-order valence-electron chi connectivity index (χ4n) is 1.90. The first-order valence-corrected chi connectivity index (χ1v) is 7.02. The van der Waals surface area contributed by atoms with Crippen LogP contribution in [0.25, 0.3) is 0 Å². The topological polar surface area (TPSA) is 67.4 Å². The van der Waals surface area contributed by atoms with E-state index >= 15 is 0 Å². The van der Waals surface area contributed by atoms with Gasteiger partial charge in [0.1, 0.15) is 5.82 Å². The average molecular weight is 274 g/mol. The predicted molar refractivity (Wildman–Crippen MR) is 64.2 cm³/mol. The molecule has 1 unspecified atom stereocenters. The Morgan fingerprint density at radius 2 is 2.00 bits per heavy atom.